The first kappa shape index (κ1) is 17.0. The molecule has 1 heterocycles. The van der Waals surface area contributed by atoms with Crippen LogP contribution in [0.25, 0.3) is 0 Å². The van der Waals surface area contributed by atoms with Crippen LogP contribution in [0.4, 0.5) is 0 Å². The summed E-state index contributed by atoms with van der Waals surface area (Å²) in [6.07, 6.45) is 4.40. The molecule has 0 aromatic carbocycles. The van der Waals surface area contributed by atoms with E-state index in [1.54, 1.807) is 11.3 Å². The molecule has 0 N–H and O–H groups in total. The van der Waals surface area contributed by atoms with Gasteiger partial charge in [0.05, 0.1) is 17.6 Å². The van der Waals surface area contributed by atoms with E-state index in [0.717, 1.165) is 25.7 Å². The van der Waals surface area contributed by atoms with E-state index in [-0.39, 0.29) is 23.6 Å². The molecule has 2 fully saturated rings. The molecule has 4 heteroatoms. The summed E-state index contributed by atoms with van der Waals surface area (Å²) in [6.45, 7) is 8.29. The van der Waals surface area contributed by atoms with E-state index in [9.17, 15) is 4.79 Å². The zero-order chi connectivity index (χ0) is 16.6. The number of rotatable bonds is 6. The normalized spacial score (nSPS) is 31.3. The van der Waals surface area contributed by atoms with Crippen molar-refractivity contribution in [3.05, 3.63) is 22.4 Å². The monoisotopic (exact) mass is 336 g/mol. The largest absolute Gasteiger partial charge is 0.462 e. The molecule has 1 aromatic rings. The smallest absolute Gasteiger partial charge is 0.308 e. The van der Waals surface area contributed by atoms with Crippen molar-refractivity contribution in [1.82, 2.24) is 0 Å². The van der Waals surface area contributed by atoms with Crippen LogP contribution in [-0.4, -0.2) is 18.2 Å². The van der Waals surface area contributed by atoms with Gasteiger partial charge in [0.15, 0.2) is 0 Å². The molecule has 0 radical (unpaired) electrons. The molecule has 2 saturated carbocycles. The molecule has 0 amide bonds. The van der Waals surface area contributed by atoms with Crippen molar-refractivity contribution >= 4 is 17.3 Å². The van der Waals surface area contributed by atoms with E-state index in [0.29, 0.717) is 17.9 Å². The molecule has 0 saturated heterocycles. The molecule has 0 spiro atoms. The molecular formula is C19H28O3S. The molecule has 0 aliphatic heterocycles. The molecule has 3 rings (SSSR count). The summed E-state index contributed by atoms with van der Waals surface area (Å²) < 4.78 is 12.2. The van der Waals surface area contributed by atoms with Gasteiger partial charge >= 0.3 is 5.97 Å². The summed E-state index contributed by atoms with van der Waals surface area (Å²) in [6, 6.07) is 2.15. The van der Waals surface area contributed by atoms with E-state index in [1.165, 1.54) is 5.56 Å². The van der Waals surface area contributed by atoms with Crippen LogP contribution in [0.2, 0.25) is 0 Å². The van der Waals surface area contributed by atoms with Crippen LogP contribution in [0.1, 0.15) is 58.9 Å². The van der Waals surface area contributed by atoms with Crippen molar-refractivity contribution in [2.45, 2.75) is 71.2 Å². The third kappa shape index (κ3) is 3.48. The number of hydrogen-bond donors (Lipinski definition) is 0. The molecular weight excluding hydrogens is 308 g/mol. The first-order valence-electron chi connectivity index (χ1n) is 8.81. The highest BCUT2D eigenvalue weighted by Crippen LogP contribution is 2.49. The van der Waals surface area contributed by atoms with E-state index in [4.69, 9.17) is 9.47 Å². The van der Waals surface area contributed by atoms with Gasteiger partial charge in [0.1, 0.15) is 6.10 Å². The topological polar surface area (TPSA) is 35.5 Å². The third-order valence-corrected chi connectivity index (χ3v) is 6.36. The Labute approximate surface area is 143 Å². The second kappa shape index (κ2) is 6.56. The quantitative estimate of drug-likeness (QED) is 0.703. The molecule has 5 unspecified atom stereocenters. The fourth-order valence-electron chi connectivity index (χ4n) is 3.94. The highest BCUT2D eigenvalue weighted by molar-refractivity contribution is 7.08. The first-order chi connectivity index (χ1) is 10.9. The maximum absolute atomic E-state index is 12.0. The van der Waals surface area contributed by atoms with Crippen molar-refractivity contribution in [3.63, 3.8) is 0 Å². The highest BCUT2D eigenvalue weighted by Gasteiger charge is 2.49. The van der Waals surface area contributed by atoms with Gasteiger partial charge in [-0.05, 0) is 73.8 Å². The van der Waals surface area contributed by atoms with Crippen LogP contribution < -0.4 is 0 Å². The summed E-state index contributed by atoms with van der Waals surface area (Å²) in [4.78, 5) is 12.0. The first-order valence-corrected chi connectivity index (χ1v) is 9.76. The standard InChI is InChI=1S/C19H28O3S/c1-5-12(2)18(20)21-16-9-14-8-13(16)10-17(14)22-19(3,4)15-6-7-23-11-15/h6-7,11-14,16-17H,5,8-10H2,1-4H3. The van der Waals surface area contributed by atoms with Crippen molar-refractivity contribution in [2.75, 3.05) is 0 Å². The van der Waals surface area contributed by atoms with Gasteiger partial charge < -0.3 is 9.47 Å². The highest BCUT2D eigenvalue weighted by atomic mass is 32.1. The minimum absolute atomic E-state index is 0.0127. The summed E-state index contributed by atoms with van der Waals surface area (Å²) >= 11 is 1.71. The maximum atomic E-state index is 12.0. The number of carbonyl (C=O) groups is 1. The van der Waals surface area contributed by atoms with Gasteiger partial charge in [-0.25, -0.2) is 0 Å². The zero-order valence-corrected chi connectivity index (χ0v) is 15.4. The minimum Gasteiger partial charge on any atom is -0.462 e. The molecule has 128 valence electrons. The summed E-state index contributed by atoms with van der Waals surface area (Å²) in [5.41, 5.74) is 1.02. The second-order valence-electron chi connectivity index (χ2n) is 7.69. The van der Waals surface area contributed by atoms with Crippen LogP contribution in [0.15, 0.2) is 16.8 Å². The SMILES string of the molecule is CCC(C)C(=O)OC1CC2CC1CC2OC(C)(C)c1ccsc1. The molecule has 2 aliphatic carbocycles. The van der Waals surface area contributed by atoms with Crippen LogP contribution >= 0.6 is 11.3 Å². The van der Waals surface area contributed by atoms with Crippen LogP contribution in [0.3, 0.4) is 0 Å². The third-order valence-electron chi connectivity index (χ3n) is 5.67. The number of esters is 1. The Morgan fingerprint density at radius 2 is 2.00 bits per heavy atom. The lowest BCUT2D eigenvalue weighted by molar-refractivity contribution is -0.160. The van der Waals surface area contributed by atoms with Gasteiger partial charge in [-0.1, -0.05) is 13.8 Å². The van der Waals surface area contributed by atoms with Gasteiger partial charge in [-0.3, -0.25) is 4.79 Å². The Hall–Kier alpha value is -0.870. The number of hydrogen-bond acceptors (Lipinski definition) is 4. The predicted octanol–water partition coefficient (Wildman–Crippen LogP) is 4.76. The van der Waals surface area contributed by atoms with Crippen molar-refractivity contribution in [1.29, 1.82) is 0 Å². The van der Waals surface area contributed by atoms with Crippen LogP contribution in [0.5, 0.6) is 0 Å². The molecule has 3 nitrogen and oxygen atoms in total. The van der Waals surface area contributed by atoms with E-state index in [1.807, 2.05) is 13.8 Å². The van der Waals surface area contributed by atoms with Gasteiger partial charge in [0.25, 0.3) is 0 Å². The Morgan fingerprint density at radius 1 is 1.30 bits per heavy atom. The molecule has 23 heavy (non-hydrogen) atoms. The lowest BCUT2D eigenvalue weighted by Crippen LogP contribution is -2.36. The van der Waals surface area contributed by atoms with E-state index < -0.39 is 0 Å². The maximum Gasteiger partial charge on any atom is 0.308 e. The number of ether oxygens (including phenoxy) is 2. The van der Waals surface area contributed by atoms with Gasteiger partial charge in [-0.15, -0.1) is 0 Å². The molecule has 5 atom stereocenters. The Balaban J connectivity index is 1.55. The zero-order valence-electron chi connectivity index (χ0n) is 14.6. The minimum atomic E-state index is -0.238. The number of thiophene rings is 1. The number of fused-ring (bicyclic) bond motifs is 2. The fourth-order valence-corrected chi connectivity index (χ4v) is 4.76. The van der Waals surface area contributed by atoms with Crippen molar-refractivity contribution in [2.24, 2.45) is 17.8 Å². The lowest BCUT2D eigenvalue weighted by Gasteiger charge is -2.35. The Bertz CT molecular complexity index is 537. The fraction of sp³-hybridized carbons (Fsp3) is 0.737. The van der Waals surface area contributed by atoms with Gasteiger partial charge in [0, 0.05) is 0 Å². The van der Waals surface area contributed by atoms with Crippen LogP contribution in [-0.2, 0) is 19.9 Å². The second-order valence-corrected chi connectivity index (χ2v) is 8.47. The summed E-state index contributed by atoms with van der Waals surface area (Å²) in [7, 11) is 0. The van der Waals surface area contributed by atoms with Crippen molar-refractivity contribution < 1.29 is 14.3 Å². The molecule has 2 aliphatic rings. The Morgan fingerprint density at radius 3 is 2.57 bits per heavy atom. The lowest BCUT2D eigenvalue weighted by atomic mass is 9.93. The predicted molar refractivity (Wildman–Crippen MR) is 92.4 cm³/mol. The van der Waals surface area contributed by atoms with Crippen molar-refractivity contribution in [3.8, 4) is 0 Å². The average molecular weight is 336 g/mol. The number of carbonyl (C=O) groups excluding carboxylic acids is 1. The Kier molecular flexibility index (Phi) is 4.84. The summed E-state index contributed by atoms with van der Waals surface area (Å²) in [5.74, 6) is 1.00. The molecule has 1 aromatic heterocycles. The molecule has 2 bridgehead atoms. The van der Waals surface area contributed by atoms with Crippen LogP contribution in [0, 0.1) is 17.8 Å². The summed E-state index contributed by atoms with van der Waals surface area (Å²) in [5, 5.41) is 4.27. The van der Waals surface area contributed by atoms with Gasteiger partial charge in [-0.2, -0.15) is 11.3 Å². The van der Waals surface area contributed by atoms with E-state index >= 15 is 0 Å². The average Bonchev–Trinajstić information content (AvgIpc) is 3.22. The van der Waals surface area contributed by atoms with E-state index in [2.05, 4.69) is 30.7 Å². The van der Waals surface area contributed by atoms with Gasteiger partial charge in [0.2, 0.25) is 0 Å².